The zero-order chi connectivity index (χ0) is 14.0. The summed E-state index contributed by atoms with van der Waals surface area (Å²) in [6, 6.07) is 7.97. The third-order valence-electron chi connectivity index (χ3n) is 3.86. The van der Waals surface area contributed by atoms with Crippen molar-refractivity contribution in [1.82, 2.24) is 5.32 Å². The molecule has 0 radical (unpaired) electrons. The highest BCUT2D eigenvalue weighted by molar-refractivity contribution is 9.10. The molecule has 3 nitrogen and oxygen atoms in total. The predicted molar refractivity (Wildman–Crippen MR) is 80.9 cm³/mol. The van der Waals surface area contributed by atoms with Crippen LogP contribution in [0.1, 0.15) is 32.3 Å². The van der Waals surface area contributed by atoms with Crippen molar-refractivity contribution < 1.29 is 4.79 Å². The zero-order valence-corrected chi connectivity index (χ0v) is 13.0. The van der Waals surface area contributed by atoms with E-state index in [0.717, 1.165) is 10.0 Å². The summed E-state index contributed by atoms with van der Waals surface area (Å²) in [5, 5.41) is 2.98. The van der Waals surface area contributed by atoms with E-state index >= 15 is 0 Å². The maximum Gasteiger partial charge on any atom is 0.230 e. The number of amides is 1. The molecule has 0 saturated heterocycles. The highest BCUT2D eigenvalue weighted by Crippen LogP contribution is 2.31. The molecule has 1 atom stereocenters. The summed E-state index contributed by atoms with van der Waals surface area (Å²) >= 11 is 3.40. The molecule has 1 unspecified atom stereocenters. The molecule has 0 spiro atoms. The van der Waals surface area contributed by atoms with Gasteiger partial charge in [-0.25, -0.2) is 0 Å². The van der Waals surface area contributed by atoms with Crippen LogP contribution in [0.5, 0.6) is 0 Å². The summed E-state index contributed by atoms with van der Waals surface area (Å²) in [5.41, 5.74) is 6.48. The molecule has 1 fully saturated rings. The fourth-order valence-corrected chi connectivity index (χ4v) is 2.38. The maximum atomic E-state index is 12.3. The molecule has 1 aromatic rings. The summed E-state index contributed by atoms with van der Waals surface area (Å²) < 4.78 is 1.02. The molecular formula is C15H21BrN2O. The molecule has 1 aromatic carbocycles. The van der Waals surface area contributed by atoms with E-state index in [1.807, 2.05) is 38.1 Å². The number of rotatable bonds is 5. The van der Waals surface area contributed by atoms with Gasteiger partial charge in [-0.2, -0.15) is 0 Å². The van der Waals surface area contributed by atoms with Crippen LogP contribution in [0.3, 0.4) is 0 Å². The Bertz CT molecular complexity index is 452. The zero-order valence-electron chi connectivity index (χ0n) is 11.4. The Labute approximate surface area is 123 Å². The fourth-order valence-electron chi connectivity index (χ4n) is 2.12. The van der Waals surface area contributed by atoms with Gasteiger partial charge in [0.05, 0.1) is 5.41 Å². The van der Waals surface area contributed by atoms with Gasteiger partial charge in [0.1, 0.15) is 0 Å². The molecule has 0 aromatic heterocycles. The van der Waals surface area contributed by atoms with Crippen molar-refractivity contribution in [2.75, 3.05) is 6.54 Å². The van der Waals surface area contributed by atoms with Gasteiger partial charge in [0, 0.05) is 17.1 Å². The van der Waals surface area contributed by atoms with Crippen LogP contribution in [0.2, 0.25) is 0 Å². The Morgan fingerprint density at radius 3 is 2.53 bits per heavy atom. The molecule has 1 saturated carbocycles. The number of benzene rings is 1. The van der Waals surface area contributed by atoms with Gasteiger partial charge in [0.25, 0.3) is 0 Å². The fraction of sp³-hybridized carbons (Fsp3) is 0.533. The Hall–Kier alpha value is -0.870. The number of carbonyl (C=O) groups excluding carboxylic acids is 1. The second-order valence-electron chi connectivity index (χ2n) is 5.84. The standard InChI is InChI=1S/C15H21BrN2O/c1-15(2,11-5-7-12(16)8-6-11)14(19)18-9-13(17)10-3-4-10/h5-8,10,13H,3-4,9,17H2,1-2H3,(H,18,19). The molecule has 3 N–H and O–H groups in total. The van der Waals surface area contributed by atoms with Crippen molar-refractivity contribution in [3.8, 4) is 0 Å². The Balaban J connectivity index is 1.97. The summed E-state index contributed by atoms with van der Waals surface area (Å²) in [6.07, 6.45) is 2.40. The van der Waals surface area contributed by atoms with Crippen molar-refractivity contribution in [1.29, 1.82) is 0 Å². The van der Waals surface area contributed by atoms with E-state index in [-0.39, 0.29) is 11.9 Å². The minimum absolute atomic E-state index is 0.0333. The van der Waals surface area contributed by atoms with Crippen molar-refractivity contribution in [3.05, 3.63) is 34.3 Å². The SMILES string of the molecule is CC(C)(C(=O)NCC(N)C1CC1)c1ccc(Br)cc1. The number of hydrogen-bond acceptors (Lipinski definition) is 2. The topological polar surface area (TPSA) is 55.1 Å². The summed E-state index contributed by atoms with van der Waals surface area (Å²) in [6.45, 7) is 4.45. The second-order valence-corrected chi connectivity index (χ2v) is 6.76. The van der Waals surface area contributed by atoms with Gasteiger partial charge in [0.2, 0.25) is 5.91 Å². The average molecular weight is 325 g/mol. The average Bonchev–Trinajstić information content (AvgIpc) is 3.20. The van der Waals surface area contributed by atoms with E-state index in [4.69, 9.17) is 5.73 Å². The third-order valence-corrected chi connectivity index (χ3v) is 4.39. The lowest BCUT2D eigenvalue weighted by atomic mass is 9.83. The molecule has 2 rings (SSSR count). The molecule has 1 aliphatic rings. The minimum Gasteiger partial charge on any atom is -0.354 e. The lowest BCUT2D eigenvalue weighted by Crippen LogP contribution is -2.45. The number of nitrogens with one attached hydrogen (secondary N) is 1. The molecule has 1 amide bonds. The highest BCUT2D eigenvalue weighted by atomic mass is 79.9. The summed E-state index contributed by atoms with van der Waals surface area (Å²) in [7, 11) is 0. The van der Waals surface area contributed by atoms with E-state index in [1.54, 1.807) is 0 Å². The molecule has 0 heterocycles. The van der Waals surface area contributed by atoms with Gasteiger partial charge in [-0.05, 0) is 50.3 Å². The highest BCUT2D eigenvalue weighted by Gasteiger charge is 2.32. The van der Waals surface area contributed by atoms with Crippen LogP contribution in [-0.2, 0) is 10.2 Å². The normalized spacial score (nSPS) is 17.1. The molecule has 1 aliphatic carbocycles. The monoisotopic (exact) mass is 324 g/mol. The van der Waals surface area contributed by atoms with Crippen molar-refractivity contribution >= 4 is 21.8 Å². The van der Waals surface area contributed by atoms with Crippen LogP contribution < -0.4 is 11.1 Å². The van der Waals surface area contributed by atoms with Gasteiger partial charge < -0.3 is 11.1 Å². The lowest BCUT2D eigenvalue weighted by Gasteiger charge is -2.25. The van der Waals surface area contributed by atoms with Gasteiger partial charge in [-0.15, -0.1) is 0 Å². The molecule has 4 heteroatoms. The lowest BCUT2D eigenvalue weighted by molar-refractivity contribution is -0.125. The largest absolute Gasteiger partial charge is 0.354 e. The van der Waals surface area contributed by atoms with Gasteiger partial charge in [-0.3, -0.25) is 4.79 Å². The number of carbonyl (C=O) groups is 1. The number of hydrogen-bond donors (Lipinski definition) is 2. The van der Waals surface area contributed by atoms with E-state index < -0.39 is 5.41 Å². The van der Waals surface area contributed by atoms with Crippen LogP contribution in [0.4, 0.5) is 0 Å². The second kappa shape index (κ2) is 5.63. The molecule has 0 aliphatic heterocycles. The summed E-state index contributed by atoms with van der Waals surface area (Å²) in [5.74, 6) is 0.641. The van der Waals surface area contributed by atoms with Crippen LogP contribution in [-0.4, -0.2) is 18.5 Å². The smallest absolute Gasteiger partial charge is 0.230 e. The van der Waals surface area contributed by atoms with Crippen molar-refractivity contribution in [2.45, 2.75) is 38.1 Å². The third kappa shape index (κ3) is 3.57. The first-order chi connectivity index (χ1) is 8.91. The van der Waals surface area contributed by atoms with E-state index in [0.29, 0.717) is 12.5 Å². The molecule has 104 valence electrons. The number of nitrogens with two attached hydrogens (primary N) is 1. The number of halogens is 1. The van der Waals surface area contributed by atoms with Crippen LogP contribution in [0, 0.1) is 5.92 Å². The maximum absolute atomic E-state index is 12.3. The van der Waals surface area contributed by atoms with Crippen LogP contribution in [0.15, 0.2) is 28.7 Å². The summed E-state index contributed by atoms with van der Waals surface area (Å²) in [4.78, 5) is 12.3. The molecule has 0 bridgehead atoms. The minimum atomic E-state index is -0.538. The molecular weight excluding hydrogens is 304 g/mol. The van der Waals surface area contributed by atoms with E-state index in [1.165, 1.54) is 12.8 Å². The predicted octanol–water partition coefficient (Wildman–Crippen LogP) is 2.58. The Morgan fingerprint density at radius 2 is 2.00 bits per heavy atom. The van der Waals surface area contributed by atoms with Crippen molar-refractivity contribution in [2.24, 2.45) is 11.7 Å². The molecule has 19 heavy (non-hydrogen) atoms. The van der Waals surface area contributed by atoms with Crippen LogP contribution >= 0.6 is 15.9 Å². The Kier molecular flexibility index (Phi) is 4.31. The van der Waals surface area contributed by atoms with E-state index in [9.17, 15) is 4.79 Å². The quantitative estimate of drug-likeness (QED) is 0.874. The van der Waals surface area contributed by atoms with Crippen molar-refractivity contribution in [3.63, 3.8) is 0 Å². The first-order valence-corrected chi connectivity index (χ1v) is 7.50. The first kappa shape index (κ1) is 14.5. The van der Waals surface area contributed by atoms with Gasteiger partial charge >= 0.3 is 0 Å². The first-order valence-electron chi connectivity index (χ1n) is 6.71. The van der Waals surface area contributed by atoms with Crippen LogP contribution in [0.25, 0.3) is 0 Å². The van der Waals surface area contributed by atoms with E-state index in [2.05, 4.69) is 21.2 Å². The van der Waals surface area contributed by atoms with Gasteiger partial charge in [0.15, 0.2) is 0 Å². The van der Waals surface area contributed by atoms with Gasteiger partial charge in [-0.1, -0.05) is 28.1 Å². The Morgan fingerprint density at radius 1 is 1.42 bits per heavy atom.